The minimum atomic E-state index is -0.352. The summed E-state index contributed by atoms with van der Waals surface area (Å²) in [5.74, 6) is 0.309. The van der Waals surface area contributed by atoms with Crippen LogP contribution in [0.5, 0.6) is 0 Å². The molecule has 1 N–H and O–H groups in total. The number of benzene rings is 2. The molecule has 1 atom stereocenters. The molecule has 2 heterocycles. The lowest BCUT2D eigenvalue weighted by Gasteiger charge is -2.25. The molecule has 1 aromatic heterocycles. The first kappa shape index (κ1) is 17.1. The molecule has 1 amide bonds. The van der Waals surface area contributed by atoms with Crippen molar-refractivity contribution in [3.8, 4) is 0 Å². The third-order valence-corrected chi connectivity index (χ3v) is 4.65. The lowest BCUT2D eigenvalue weighted by molar-refractivity contribution is 0.0252. The van der Waals surface area contributed by atoms with Crippen LogP contribution in [0, 0.1) is 0 Å². The van der Waals surface area contributed by atoms with Gasteiger partial charge in [-0.05, 0) is 41.5 Å². The minimum Gasteiger partial charge on any atom is -0.469 e. The highest BCUT2D eigenvalue weighted by atomic mass is 16.5. The van der Waals surface area contributed by atoms with Crippen LogP contribution in [0.25, 0.3) is 0 Å². The van der Waals surface area contributed by atoms with E-state index in [1.807, 2.05) is 42.5 Å². The Bertz CT molecular complexity index is 948. The summed E-state index contributed by atoms with van der Waals surface area (Å²) >= 11 is 0. The van der Waals surface area contributed by atoms with Gasteiger partial charge in [0.05, 0.1) is 11.8 Å². The molecule has 0 unspecified atom stereocenters. The minimum absolute atomic E-state index is 0.167. The fourth-order valence-electron chi connectivity index (χ4n) is 3.25. The molecule has 3 aromatic rings. The van der Waals surface area contributed by atoms with E-state index in [1.54, 1.807) is 24.5 Å². The van der Waals surface area contributed by atoms with Crippen LogP contribution in [-0.4, -0.2) is 18.4 Å². The molecule has 2 aromatic carbocycles. The van der Waals surface area contributed by atoms with Gasteiger partial charge >= 0.3 is 5.97 Å². The average molecular weight is 361 g/mol. The number of carbonyl (C=O) groups excluding carboxylic acids is 2. The topological polar surface area (TPSA) is 68.5 Å². The largest absolute Gasteiger partial charge is 0.469 e. The van der Waals surface area contributed by atoms with E-state index in [0.717, 1.165) is 16.9 Å². The molecule has 0 bridgehead atoms. The van der Waals surface area contributed by atoms with E-state index < -0.39 is 0 Å². The Balaban J connectivity index is 1.47. The molecule has 0 spiro atoms. The molecule has 0 saturated heterocycles. The van der Waals surface area contributed by atoms with Crippen LogP contribution < -0.4 is 5.32 Å². The van der Waals surface area contributed by atoms with Crippen LogP contribution in [0.4, 0.5) is 0 Å². The van der Waals surface area contributed by atoms with Crippen molar-refractivity contribution in [3.05, 3.63) is 94.9 Å². The highest BCUT2D eigenvalue weighted by Crippen LogP contribution is 2.31. The van der Waals surface area contributed by atoms with Crippen molar-refractivity contribution in [2.24, 2.45) is 0 Å². The van der Waals surface area contributed by atoms with Crippen LogP contribution in [0.1, 0.15) is 43.7 Å². The van der Waals surface area contributed by atoms with E-state index in [1.165, 1.54) is 0 Å². The van der Waals surface area contributed by atoms with Crippen LogP contribution in [0.2, 0.25) is 0 Å². The molecule has 5 nitrogen and oxygen atoms in total. The fraction of sp³-hybridized carbons (Fsp3) is 0.182. The first-order valence-corrected chi connectivity index (χ1v) is 8.90. The molecule has 0 fully saturated rings. The summed E-state index contributed by atoms with van der Waals surface area (Å²) in [5, 5.41) is 2.88. The van der Waals surface area contributed by atoms with E-state index in [-0.39, 0.29) is 18.0 Å². The summed E-state index contributed by atoms with van der Waals surface area (Å²) in [7, 11) is 0. The summed E-state index contributed by atoms with van der Waals surface area (Å²) in [5.41, 5.74) is 2.84. The van der Waals surface area contributed by atoms with Crippen LogP contribution in [0.3, 0.4) is 0 Å². The molecule has 27 heavy (non-hydrogen) atoms. The maximum absolute atomic E-state index is 12.4. The second-order valence-electron chi connectivity index (χ2n) is 6.47. The van der Waals surface area contributed by atoms with Gasteiger partial charge < -0.3 is 14.5 Å². The fourth-order valence-corrected chi connectivity index (χ4v) is 3.25. The Morgan fingerprint density at radius 2 is 1.93 bits per heavy atom. The van der Waals surface area contributed by atoms with E-state index in [0.29, 0.717) is 30.5 Å². The number of hydrogen-bond donors (Lipinski definition) is 1. The van der Waals surface area contributed by atoms with Gasteiger partial charge in [-0.1, -0.05) is 30.3 Å². The molecule has 1 aliphatic heterocycles. The smallest absolute Gasteiger partial charge is 0.339 e. The van der Waals surface area contributed by atoms with Crippen molar-refractivity contribution in [1.29, 1.82) is 0 Å². The average Bonchev–Trinajstić information content (AvgIpc) is 3.21. The van der Waals surface area contributed by atoms with E-state index >= 15 is 0 Å². The number of ether oxygens (including phenoxy) is 1. The van der Waals surface area contributed by atoms with Gasteiger partial charge in [0, 0.05) is 24.9 Å². The van der Waals surface area contributed by atoms with Gasteiger partial charge in [0.25, 0.3) is 5.91 Å². The Kier molecular flexibility index (Phi) is 4.75. The third kappa shape index (κ3) is 3.77. The Labute approximate surface area is 157 Å². The predicted molar refractivity (Wildman–Crippen MR) is 99.5 cm³/mol. The number of fused-ring (bicyclic) bond motifs is 1. The van der Waals surface area contributed by atoms with Crippen molar-refractivity contribution < 1.29 is 18.7 Å². The summed E-state index contributed by atoms with van der Waals surface area (Å²) in [6.07, 6.45) is 2.47. The van der Waals surface area contributed by atoms with Crippen LogP contribution in [0.15, 0.2) is 71.3 Å². The number of esters is 1. The number of rotatable bonds is 5. The Morgan fingerprint density at radius 3 is 2.70 bits per heavy atom. The second-order valence-corrected chi connectivity index (χ2v) is 6.47. The summed E-state index contributed by atoms with van der Waals surface area (Å²) < 4.78 is 10.8. The molecule has 0 saturated carbocycles. The summed E-state index contributed by atoms with van der Waals surface area (Å²) in [4.78, 5) is 24.8. The molecule has 4 rings (SSSR count). The number of nitrogens with one attached hydrogen (secondary N) is 1. The Hall–Kier alpha value is -3.34. The van der Waals surface area contributed by atoms with E-state index in [2.05, 4.69) is 5.32 Å². The lowest BCUT2D eigenvalue weighted by Crippen LogP contribution is -2.27. The van der Waals surface area contributed by atoms with Crippen LogP contribution in [-0.2, 0) is 17.6 Å². The maximum atomic E-state index is 12.4. The normalized spacial score (nSPS) is 15.7. The van der Waals surface area contributed by atoms with E-state index in [9.17, 15) is 9.59 Å². The standard InChI is InChI=1S/C22H19NO4/c24-21(23-11-10-18-7-4-12-26-18)16-8-9-19-17(13-16)14-20(27-22(19)25)15-5-2-1-3-6-15/h1-9,12-13,20H,10-11,14H2,(H,23,24)/t20-/m0/s1. The Morgan fingerprint density at radius 1 is 1.07 bits per heavy atom. The summed E-state index contributed by atoms with van der Waals surface area (Å²) in [6.45, 7) is 0.484. The molecule has 136 valence electrons. The van der Waals surface area contributed by atoms with Gasteiger partial charge in [-0.2, -0.15) is 0 Å². The molecule has 1 aliphatic rings. The highest BCUT2D eigenvalue weighted by molar-refractivity contribution is 5.97. The zero-order valence-electron chi connectivity index (χ0n) is 14.7. The molecule has 0 radical (unpaired) electrons. The van der Waals surface area contributed by atoms with Crippen molar-refractivity contribution in [2.75, 3.05) is 6.54 Å². The maximum Gasteiger partial charge on any atom is 0.339 e. The van der Waals surface area contributed by atoms with Crippen molar-refractivity contribution in [1.82, 2.24) is 5.32 Å². The lowest BCUT2D eigenvalue weighted by atomic mass is 9.93. The number of cyclic esters (lactones) is 1. The zero-order chi connectivity index (χ0) is 18.6. The van der Waals surface area contributed by atoms with Crippen molar-refractivity contribution >= 4 is 11.9 Å². The van der Waals surface area contributed by atoms with Gasteiger partial charge in [0.15, 0.2) is 0 Å². The van der Waals surface area contributed by atoms with Gasteiger partial charge in [0.2, 0.25) is 0 Å². The van der Waals surface area contributed by atoms with Gasteiger partial charge in [-0.15, -0.1) is 0 Å². The monoisotopic (exact) mass is 361 g/mol. The van der Waals surface area contributed by atoms with E-state index in [4.69, 9.17) is 9.15 Å². The number of furan rings is 1. The van der Waals surface area contributed by atoms with Gasteiger partial charge in [0.1, 0.15) is 11.9 Å². The molecule has 5 heteroatoms. The quantitative estimate of drug-likeness (QED) is 0.704. The van der Waals surface area contributed by atoms with Crippen molar-refractivity contribution in [2.45, 2.75) is 18.9 Å². The first-order chi connectivity index (χ1) is 13.2. The number of amides is 1. The van der Waals surface area contributed by atoms with Crippen LogP contribution >= 0.6 is 0 Å². The summed E-state index contributed by atoms with van der Waals surface area (Å²) in [6, 6.07) is 18.4. The van der Waals surface area contributed by atoms with Crippen molar-refractivity contribution in [3.63, 3.8) is 0 Å². The molecule has 0 aliphatic carbocycles. The zero-order valence-corrected chi connectivity index (χ0v) is 14.7. The van der Waals surface area contributed by atoms with Gasteiger partial charge in [-0.3, -0.25) is 4.79 Å². The SMILES string of the molecule is O=C(NCCc1ccco1)c1ccc2c(c1)C[C@@H](c1ccccc1)OC2=O. The second kappa shape index (κ2) is 7.50. The number of carbonyl (C=O) groups is 2. The predicted octanol–water partition coefficient (Wildman–Crippen LogP) is 3.71. The first-order valence-electron chi connectivity index (χ1n) is 8.90. The molecular formula is C22H19NO4. The molecular weight excluding hydrogens is 342 g/mol. The number of hydrogen-bond acceptors (Lipinski definition) is 4. The third-order valence-electron chi connectivity index (χ3n) is 4.65. The van der Waals surface area contributed by atoms with Gasteiger partial charge in [-0.25, -0.2) is 4.79 Å². The highest BCUT2D eigenvalue weighted by Gasteiger charge is 2.28.